The summed E-state index contributed by atoms with van der Waals surface area (Å²) < 4.78 is 16.4. The van der Waals surface area contributed by atoms with Gasteiger partial charge in [0.1, 0.15) is 11.8 Å². The molecule has 3 rings (SSSR count). The van der Waals surface area contributed by atoms with Crippen LogP contribution in [-0.4, -0.2) is 51.1 Å². The van der Waals surface area contributed by atoms with Gasteiger partial charge >= 0.3 is 0 Å². The van der Waals surface area contributed by atoms with E-state index < -0.39 is 23.4 Å². The predicted molar refractivity (Wildman–Crippen MR) is 147 cm³/mol. The van der Waals surface area contributed by atoms with Gasteiger partial charge in [-0.25, -0.2) is 0 Å². The second-order valence-corrected chi connectivity index (χ2v) is 10.3. The molecule has 9 nitrogen and oxygen atoms in total. The second-order valence-electron chi connectivity index (χ2n) is 9.35. The zero-order valence-corrected chi connectivity index (χ0v) is 23.2. The Morgan fingerprint density at radius 2 is 1.58 bits per heavy atom. The number of ether oxygens (including phenoxy) is 3. The van der Waals surface area contributed by atoms with Crippen molar-refractivity contribution in [1.82, 2.24) is 10.6 Å². The van der Waals surface area contributed by atoms with Crippen molar-refractivity contribution >= 4 is 34.7 Å². The first-order valence-electron chi connectivity index (χ1n) is 11.9. The van der Waals surface area contributed by atoms with E-state index in [4.69, 9.17) is 14.2 Å². The highest BCUT2D eigenvalue weighted by Crippen LogP contribution is 2.38. The fourth-order valence-corrected chi connectivity index (χ4v) is 4.50. The molecule has 0 aliphatic carbocycles. The zero-order valence-electron chi connectivity index (χ0n) is 22.4. The average Bonchev–Trinajstić information content (AvgIpc) is 3.44. The molecule has 3 amide bonds. The Bertz CT molecular complexity index is 1270. The fourth-order valence-electron chi connectivity index (χ4n) is 3.86. The molecule has 2 N–H and O–H groups in total. The van der Waals surface area contributed by atoms with Crippen molar-refractivity contribution in [2.24, 2.45) is 0 Å². The summed E-state index contributed by atoms with van der Waals surface area (Å²) in [4.78, 5) is 42.1. The van der Waals surface area contributed by atoms with Gasteiger partial charge in [-0.15, -0.1) is 11.3 Å². The molecule has 0 saturated carbocycles. The van der Waals surface area contributed by atoms with Crippen LogP contribution in [0.2, 0.25) is 0 Å². The molecule has 0 aliphatic rings. The van der Waals surface area contributed by atoms with E-state index >= 15 is 0 Å². The first-order chi connectivity index (χ1) is 18.1. The summed E-state index contributed by atoms with van der Waals surface area (Å²) in [5, 5.41) is 7.43. The van der Waals surface area contributed by atoms with Crippen molar-refractivity contribution in [3.63, 3.8) is 0 Å². The third kappa shape index (κ3) is 6.83. The van der Waals surface area contributed by atoms with Crippen LogP contribution in [0.3, 0.4) is 0 Å². The van der Waals surface area contributed by atoms with Gasteiger partial charge in [-0.3, -0.25) is 19.3 Å². The lowest BCUT2D eigenvalue weighted by molar-refractivity contribution is -0.127. The summed E-state index contributed by atoms with van der Waals surface area (Å²) in [6, 6.07) is 14.2. The van der Waals surface area contributed by atoms with Crippen molar-refractivity contribution in [2.75, 3.05) is 32.8 Å². The molecule has 2 aromatic carbocycles. The van der Waals surface area contributed by atoms with Gasteiger partial charge in [-0.2, -0.15) is 0 Å². The topological polar surface area (TPSA) is 106 Å². The lowest BCUT2D eigenvalue weighted by Crippen LogP contribution is -2.51. The molecule has 0 saturated heterocycles. The molecule has 1 heterocycles. The number of carbonyl (C=O) groups is 3. The van der Waals surface area contributed by atoms with Gasteiger partial charge in [0, 0.05) is 5.54 Å². The largest absolute Gasteiger partial charge is 0.495 e. The Morgan fingerprint density at radius 1 is 0.895 bits per heavy atom. The summed E-state index contributed by atoms with van der Waals surface area (Å²) in [5.74, 6) is -0.0481. The van der Waals surface area contributed by atoms with Crippen molar-refractivity contribution < 1.29 is 28.6 Å². The van der Waals surface area contributed by atoms with E-state index in [9.17, 15) is 14.4 Å². The summed E-state index contributed by atoms with van der Waals surface area (Å²) in [7, 11) is 4.50. The molecular weight excluding hydrogens is 506 g/mol. The number of nitrogens with zero attached hydrogens (tertiary/aromatic N) is 1. The van der Waals surface area contributed by atoms with Crippen LogP contribution in [0.4, 0.5) is 5.69 Å². The minimum atomic E-state index is -1.13. The second kappa shape index (κ2) is 12.5. The molecule has 1 atom stereocenters. The lowest BCUT2D eigenvalue weighted by Gasteiger charge is -2.34. The van der Waals surface area contributed by atoms with Gasteiger partial charge in [-0.05, 0) is 62.0 Å². The molecular formula is C28H33N3O6S. The zero-order chi connectivity index (χ0) is 27.9. The highest BCUT2D eigenvalue weighted by molar-refractivity contribution is 7.12. The number of nitrogens with one attached hydrogen (secondary N) is 2. The summed E-state index contributed by atoms with van der Waals surface area (Å²) in [5.41, 5.74) is 0.261. The maximum atomic E-state index is 13.9. The van der Waals surface area contributed by atoms with Crippen molar-refractivity contribution in [2.45, 2.75) is 32.4 Å². The Kier molecular flexibility index (Phi) is 9.35. The highest BCUT2D eigenvalue weighted by Gasteiger charge is 2.36. The van der Waals surface area contributed by atoms with Crippen LogP contribution in [0, 0.1) is 0 Å². The van der Waals surface area contributed by atoms with Gasteiger partial charge in [0.15, 0.2) is 11.5 Å². The molecule has 0 bridgehead atoms. The van der Waals surface area contributed by atoms with Crippen LogP contribution >= 0.6 is 11.3 Å². The number of hydrogen-bond donors (Lipinski definition) is 2. The quantitative estimate of drug-likeness (QED) is 0.400. The Morgan fingerprint density at radius 3 is 2.18 bits per heavy atom. The molecule has 1 aromatic heterocycles. The first-order valence-corrected chi connectivity index (χ1v) is 12.8. The van der Waals surface area contributed by atoms with E-state index in [0.717, 1.165) is 0 Å². The highest BCUT2D eigenvalue weighted by atomic mass is 32.1. The Labute approximate surface area is 226 Å². The standard InChI is InChI=1S/C28H33N3O6S/c1-28(2,3)30-27(34)25(18-13-14-21(36-5)22(16-18)37-6)31(19-10-7-8-11-20(19)35-4)24(32)17-29-26(33)23-12-9-15-38-23/h7-16,25H,17H2,1-6H3,(H,29,33)(H,30,34). The number of thiophene rings is 1. The van der Waals surface area contributed by atoms with Crippen molar-refractivity contribution in [1.29, 1.82) is 0 Å². The molecule has 0 spiro atoms. The van der Waals surface area contributed by atoms with Crippen LogP contribution in [0.15, 0.2) is 60.0 Å². The molecule has 0 aliphatic heterocycles. The minimum absolute atomic E-state index is 0.346. The van der Waals surface area contributed by atoms with Crippen LogP contribution in [0.5, 0.6) is 17.2 Å². The average molecular weight is 540 g/mol. The van der Waals surface area contributed by atoms with Crippen molar-refractivity contribution in [3.8, 4) is 17.2 Å². The number of benzene rings is 2. The van der Waals surface area contributed by atoms with E-state index in [-0.39, 0.29) is 12.5 Å². The van der Waals surface area contributed by atoms with Gasteiger partial charge in [0.25, 0.3) is 5.91 Å². The minimum Gasteiger partial charge on any atom is -0.495 e. The van der Waals surface area contributed by atoms with Gasteiger partial charge in [0.05, 0.1) is 38.4 Å². The van der Waals surface area contributed by atoms with Crippen LogP contribution in [0.1, 0.15) is 42.0 Å². The Hall–Kier alpha value is -4.05. The number of amides is 3. The third-order valence-corrected chi connectivity index (χ3v) is 6.36. The van der Waals surface area contributed by atoms with E-state index in [1.54, 1.807) is 60.0 Å². The fraction of sp³-hybridized carbons (Fsp3) is 0.321. The summed E-state index contributed by atoms with van der Waals surface area (Å²) >= 11 is 1.27. The third-order valence-electron chi connectivity index (χ3n) is 5.49. The van der Waals surface area contributed by atoms with Crippen molar-refractivity contribution in [3.05, 3.63) is 70.4 Å². The first kappa shape index (κ1) is 28.5. The monoisotopic (exact) mass is 539 g/mol. The van der Waals surface area contributed by atoms with Gasteiger partial charge < -0.3 is 24.8 Å². The van der Waals surface area contributed by atoms with Crippen LogP contribution in [0.25, 0.3) is 0 Å². The predicted octanol–water partition coefficient (Wildman–Crippen LogP) is 4.19. The molecule has 10 heteroatoms. The summed E-state index contributed by atoms with van der Waals surface area (Å²) in [6.07, 6.45) is 0. The van der Waals surface area contributed by atoms with Crippen LogP contribution < -0.4 is 29.7 Å². The maximum absolute atomic E-state index is 13.9. The smallest absolute Gasteiger partial charge is 0.261 e. The van der Waals surface area contributed by atoms with E-state index in [1.807, 2.05) is 20.8 Å². The molecule has 0 radical (unpaired) electrons. The normalized spacial score (nSPS) is 11.7. The number of hydrogen-bond acceptors (Lipinski definition) is 7. The van der Waals surface area contributed by atoms with E-state index in [0.29, 0.717) is 33.4 Å². The Balaban J connectivity index is 2.13. The molecule has 38 heavy (non-hydrogen) atoms. The number of carbonyl (C=O) groups excluding carboxylic acids is 3. The van der Waals surface area contributed by atoms with Crippen LogP contribution in [-0.2, 0) is 9.59 Å². The van der Waals surface area contributed by atoms with Gasteiger partial charge in [-0.1, -0.05) is 24.3 Å². The number of para-hydroxylation sites is 2. The van der Waals surface area contributed by atoms with E-state index in [1.165, 1.54) is 37.6 Å². The van der Waals surface area contributed by atoms with E-state index in [2.05, 4.69) is 10.6 Å². The maximum Gasteiger partial charge on any atom is 0.261 e. The number of rotatable bonds is 10. The molecule has 202 valence electrons. The summed E-state index contributed by atoms with van der Waals surface area (Å²) in [6.45, 7) is 5.22. The molecule has 0 fully saturated rings. The number of anilines is 1. The lowest BCUT2D eigenvalue weighted by atomic mass is 10.00. The molecule has 3 aromatic rings. The van der Waals surface area contributed by atoms with Gasteiger partial charge in [0.2, 0.25) is 11.8 Å². The molecule has 1 unspecified atom stereocenters. The number of methoxy groups -OCH3 is 3. The SMILES string of the molecule is COc1ccc(C(C(=O)NC(C)(C)C)N(C(=O)CNC(=O)c2cccs2)c2ccccc2OC)cc1OC.